The molecule has 0 spiro atoms. The molecule has 2 unspecified atom stereocenters. The normalized spacial score (nSPS) is 18.7. The molecule has 2 aromatic heterocycles. The number of alkyl carbamates (subject to hydrolysis) is 1. The van der Waals surface area contributed by atoms with Gasteiger partial charge in [-0.15, -0.1) is 11.3 Å². The van der Waals surface area contributed by atoms with Crippen molar-refractivity contribution in [2.24, 2.45) is 7.05 Å². The number of methoxy groups -OCH3 is 1. The summed E-state index contributed by atoms with van der Waals surface area (Å²) in [4.78, 5) is 27.3. The second-order valence-corrected chi connectivity index (χ2v) is 10.2. The Morgan fingerprint density at radius 1 is 1.38 bits per heavy atom. The van der Waals surface area contributed by atoms with Crippen LogP contribution in [-0.2, 0) is 21.3 Å². The van der Waals surface area contributed by atoms with Gasteiger partial charge in [0.15, 0.2) is 3.92 Å². The summed E-state index contributed by atoms with van der Waals surface area (Å²) in [6, 6.07) is -0.0441. The number of rotatable bonds is 4. The van der Waals surface area contributed by atoms with Gasteiger partial charge in [0, 0.05) is 32.3 Å². The third-order valence-corrected chi connectivity index (χ3v) is 5.58. The van der Waals surface area contributed by atoms with Crippen LogP contribution in [0.25, 0.3) is 0 Å². The number of aromatic nitrogens is 3. The quantitative estimate of drug-likeness (QED) is 0.618. The van der Waals surface area contributed by atoms with Gasteiger partial charge in [0.1, 0.15) is 17.4 Å². The summed E-state index contributed by atoms with van der Waals surface area (Å²) >= 11 is 4.57. The molecule has 0 bridgehead atoms. The van der Waals surface area contributed by atoms with Crippen LogP contribution in [0, 0.1) is 0 Å². The molecule has 2 N–H and O–H groups in total. The van der Waals surface area contributed by atoms with Crippen LogP contribution < -0.4 is 10.6 Å². The van der Waals surface area contributed by atoms with E-state index in [1.165, 1.54) is 11.3 Å². The Morgan fingerprint density at radius 3 is 2.69 bits per heavy atom. The maximum absolute atomic E-state index is 11.7. The van der Waals surface area contributed by atoms with Gasteiger partial charge in [-0.05, 0) is 49.5 Å². The minimum Gasteiger partial charge on any atom is -0.444 e. The maximum atomic E-state index is 11.7. The summed E-state index contributed by atoms with van der Waals surface area (Å²) in [6.45, 7) is 6.76. The van der Waals surface area contributed by atoms with Crippen molar-refractivity contribution in [1.29, 1.82) is 0 Å². The molecule has 0 aromatic carbocycles. The van der Waals surface area contributed by atoms with Gasteiger partial charge in [-0.25, -0.2) is 9.78 Å². The van der Waals surface area contributed by atoms with Crippen molar-refractivity contribution in [1.82, 2.24) is 20.1 Å². The summed E-state index contributed by atoms with van der Waals surface area (Å²) in [5.74, 6) is -0.232. The summed E-state index contributed by atoms with van der Waals surface area (Å²) in [6.07, 6.45) is 4.56. The van der Waals surface area contributed by atoms with E-state index in [1.54, 1.807) is 36.6 Å². The standard InChI is InChI=1S/C12H23NO4.C8H7BrN4OS/c1-12(2,3)17-11(14)13-9-6-5-7-16-8-10(9)15-4;1-13-3-5(2-10-13)11-7(14)6-4-15-8(9)12-6/h9-10H,5-8H2,1-4H3,(H,13,14);2-4H,1H3,(H,11,14). The smallest absolute Gasteiger partial charge is 0.407 e. The molecule has 3 rings (SSSR count). The van der Waals surface area contributed by atoms with E-state index in [2.05, 4.69) is 36.6 Å². The van der Waals surface area contributed by atoms with Gasteiger partial charge >= 0.3 is 6.09 Å². The summed E-state index contributed by atoms with van der Waals surface area (Å²) in [5.41, 5.74) is 0.579. The molecule has 32 heavy (non-hydrogen) atoms. The highest BCUT2D eigenvalue weighted by Gasteiger charge is 2.27. The first-order valence-electron chi connectivity index (χ1n) is 10.1. The average molecular weight is 532 g/mol. The number of hydrogen-bond acceptors (Lipinski definition) is 8. The Balaban J connectivity index is 0.000000228. The van der Waals surface area contributed by atoms with Crippen LogP contribution in [0.3, 0.4) is 0 Å². The van der Waals surface area contributed by atoms with Crippen molar-refractivity contribution < 1.29 is 23.8 Å². The highest BCUT2D eigenvalue weighted by atomic mass is 79.9. The Kier molecular flexibility index (Phi) is 10.1. The number of hydrogen-bond donors (Lipinski definition) is 2. The fourth-order valence-electron chi connectivity index (χ4n) is 2.80. The molecule has 10 nitrogen and oxygen atoms in total. The Bertz CT molecular complexity index is 882. The molecule has 12 heteroatoms. The van der Waals surface area contributed by atoms with Crippen LogP contribution in [0.2, 0.25) is 0 Å². The van der Waals surface area contributed by atoms with Crippen LogP contribution in [0.4, 0.5) is 10.5 Å². The second-order valence-electron chi connectivity index (χ2n) is 8.09. The van der Waals surface area contributed by atoms with Gasteiger partial charge in [0.25, 0.3) is 5.91 Å². The number of aryl methyl sites for hydroxylation is 1. The van der Waals surface area contributed by atoms with E-state index in [1.807, 2.05) is 20.8 Å². The van der Waals surface area contributed by atoms with Gasteiger partial charge in [-0.2, -0.15) is 5.10 Å². The SMILES string of the molecule is COC1COCCCC1NC(=O)OC(C)(C)C.Cn1cc(NC(=O)c2csc(Br)n2)cn1. The molecule has 0 saturated carbocycles. The van der Waals surface area contributed by atoms with E-state index in [4.69, 9.17) is 14.2 Å². The first-order valence-corrected chi connectivity index (χ1v) is 11.8. The number of carbonyl (C=O) groups is 2. The molecular weight excluding hydrogens is 502 g/mol. The third kappa shape index (κ3) is 9.23. The lowest BCUT2D eigenvalue weighted by Crippen LogP contribution is -2.46. The van der Waals surface area contributed by atoms with Crippen LogP contribution in [0.5, 0.6) is 0 Å². The van der Waals surface area contributed by atoms with E-state index in [-0.39, 0.29) is 18.1 Å². The fourth-order valence-corrected chi connectivity index (χ4v) is 3.79. The topological polar surface area (TPSA) is 117 Å². The van der Waals surface area contributed by atoms with Gasteiger partial charge in [-0.1, -0.05) is 0 Å². The van der Waals surface area contributed by atoms with E-state index < -0.39 is 11.7 Å². The van der Waals surface area contributed by atoms with Gasteiger partial charge < -0.3 is 24.8 Å². The van der Waals surface area contributed by atoms with Gasteiger partial charge in [-0.3, -0.25) is 9.48 Å². The third-order valence-electron chi connectivity index (χ3n) is 4.21. The summed E-state index contributed by atoms with van der Waals surface area (Å²) < 4.78 is 18.3. The monoisotopic (exact) mass is 531 g/mol. The molecule has 178 valence electrons. The maximum Gasteiger partial charge on any atom is 0.407 e. The van der Waals surface area contributed by atoms with Crippen molar-refractivity contribution >= 4 is 45.0 Å². The fraction of sp³-hybridized carbons (Fsp3) is 0.600. The molecule has 1 aliphatic rings. The highest BCUT2D eigenvalue weighted by molar-refractivity contribution is 9.11. The van der Waals surface area contributed by atoms with Crippen LogP contribution >= 0.6 is 27.3 Å². The molecule has 0 radical (unpaired) electrons. The minimum atomic E-state index is -0.478. The number of nitrogens with one attached hydrogen (secondary N) is 2. The summed E-state index contributed by atoms with van der Waals surface area (Å²) in [5, 5.41) is 11.2. The molecule has 2 amide bonds. The zero-order chi connectivity index (χ0) is 23.7. The molecule has 1 aliphatic heterocycles. The zero-order valence-corrected chi connectivity index (χ0v) is 21.3. The van der Waals surface area contributed by atoms with Gasteiger partial charge in [0.2, 0.25) is 0 Å². The van der Waals surface area contributed by atoms with Crippen molar-refractivity contribution in [3.8, 4) is 0 Å². The van der Waals surface area contributed by atoms with Gasteiger partial charge in [0.05, 0.1) is 24.5 Å². The number of amides is 2. The zero-order valence-electron chi connectivity index (χ0n) is 18.9. The Morgan fingerprint density at radius 2 is 2.12 bits per heavy atom. The molecule has 0 aliphatic carbocycles. The van der Waals surface area contributed by atoms with E-state index in [0.29, 0.717) is 28.5 Å². The largest absolute Gasteiger partial charge is 0.444 e. The number of halogens is 1. The van der Waals surface area contributed by atoms with E-state index in [9.17, 15) is 9.59 Å². The average Bonchev–Trinajstić information content (AvgIpc) is 3.24. The second kappa shape index (κ2) is 12.3. The predicted molar refractivity (Wildman–Crippen MR) is 125 cm³/mol. The van der Waals surface area contributed by atoms with E-state index in [0.717, 1.165) is 12.8 Å². The molecule has 1 fully saturated rings. The number of anilines is 1. The highest BCUT2D eigenvalue weighted by Crippen LogP contribution is 2.17. The lowest BCUT2D eigenvalue weighted by Gasteiger charge is -2.26. The molecule has 2 aromatic rings. The Labute approximate surface area is 200 Å². The van der Waals surface area contributed by atoms with Crippen LogP contribution in [0.15, 0.2) is 21.7 Å². The molecule has 3 heterocycles. The van der Waals surface area contributed by atoms with Crippen molar-refractivity contribution in [3.63, 3.8) is 0 Å². The van der Waals surface area contributed by atoms with E-state index >= 15 is 0 Å². The number of ether oxygens (including phenoxy) is 3. The lowest BCUT2D eigenvalue weighted by molar-refractivity contribution is 0.000242. The van der Waals surface area contributed by atoms with Crippen LogP contribution in [0.1, 0.15) is 44.1 Å². The predicted octanol–water partition coefficient (Wildman–Crippen LogP) is 3.60. The number of carbonyl (C=O) groups excluding carboxylic acids is 2. The number of nitrogens with zero attached hydrogens (tertiary/aromatic N) is 3. The molecule has 1 saturated heterocycles. The summed E-state index contributed by atoms with van der Waals surface area (Å²) in [7, 11) is 3.41. The Hall–Kier alpha value is -2.02. The van der Waals surface area contributed by atoms with Crippen molar-refractivity contribution in [2.45, 2.75) is 51.4 Å². The first kappa shape index (κ1) is 26.2. The van der Waals surface area contributed by atoms with Crippen molar-refractivity contribution in [2.75, 3.05) is 25.6 Å². The molecular formula is C20H30BrN5O5S. The lowest BCUT2D eigenvalue weighted by atomic mass is 10.1. The van der Waals surface area contributed by atoms with Crippen molar-refractivity contribution in [3.05, 3.63) is 27.4 Å². The van der Waals surface area contributed by atoms with Crippen LogP contribution in [-0.4, -0.2) is 64.8 Å². The number of thiazole rings is 1. The first-order chi connectivity index (χ1) is 15.1. The minimum absolute atomic E-state index is 0.0441. The molecule has 2 atom stereocenters.